The largest absolute Gasteiger partial charge is 0.284 e. The van der Waals surface area contributed by atoms with E-state index < -0.39 is 14.9 Å². The Morgan fingerprint density at radius 1 is 1.44 bits per heavy atom. The first kappa shape index (κ1) is 15.1. The Kier molecular flexibility index (Phi) is 4.83. The fourth-order valence-corrected chi connectivity index (χ4v) is 2.78. The van der Waals surface area contributed by atoms with Crippen molar-refractivity contribution in [2.45, 2.75) is 18.7 Å². The number of nitro groups is 1. The van der Waals surface area contributed by atoms with Crippen LogP contribution in [0.15, 0.2) is 27.6 Å². The van der Waals surface area contributed by atoms with E-state index in [0.29, 0.717) is 0 Å². The number of nitrogens with one attached hydrogen (secondary N) is 1. The van der Waals surface area contributed by atoms with Gasteiger partial charge in [-0.3, -0.25) is 10.1 Å². The normalized spacial score (nSPS) is 11.8. The second-order valence-electron chi connectivity index (χ2n) is 4.12. The van der Waals surface area contributed by atoms with Crippen LogP contribution in [-0.2, 0) is 10.0 Å². The predicted octanol–water partition coefficient (Wildman–Crippen LogP) is 2.29. The third-order valence-electron chi connectivity index (χ3n) is 2.11. The third-order valence-corrected chi connectivity index (χ3v) is 4.20. The highest BCUT2D eigenvalue weighted by molar-refractivity contribution is 9.10. The van der Waals surface area contributed by atoms with Crippen LogP contribution in [0.4, 0.5) is 5.69 Å². The van der Waals surface area contributed by atoms with Gasteiger partial charge >= 0.3 is 0 Å². The van der Waals surface area contributed by atoms with Gasteiger partial charge in [-0.2, -0.15) is 0 Å². The van der Waals surface area contributed by atoms with E-state index in [4.69, 9.17) is 0 Å². The fourth-order valence-electron chi connectivity index (χ4n) is 1.16. The smallest absolute Gasteiger partial charge is 0.258 e. The first-order valence-electron chi connectivity index (χ1n) is 5.17. The highest BCUT2D eigenvalue weighted by Gasteiger charge is 2.20. The molecule has 0 heterocycles. The maximum Gasteiger partial charge on any atom is 0.284 e. The Morgan fingerprint density at radius 3 is 2.56 bits per heavy atom. The highest BCUT2D eigenvalue weighted by atomic mass is 79.9. The van der Waals surface area contributed by atoms with Crippen molar-refractivity contribution >= 4 is 31.6 Å². The fraction of sp³-hybridized carbons (Fsp3) is 0.400. The van der Waals surface area contributed by atoms with Gasteiger partial charge in [-0.25, -0.2) is 13.1 Å². The average molecular weight is 337 g/mol. The summed E-state index contributed by atoms with van der Waals surface area (Å²) in [5.41, 5.74) is -0.276. The van der Waals surface area contributed by atoms with Gasteiger partial charge in [0.15, 0.2) is 0 Å². The minimum absolute atomic E-state index is 0.113. The van der Waals surface area contributed by atoms with Crippen LogP contribution in [-0.4, -0.2) is 19.9 Å². The summed E-state index contributed by atoms with van der Waals surface area (Å²) in [4.78, 5) is 9.98. The standard InChI is InChI=1S/C10H13BrN2O4S/c1-7(2)6-12-18(16,17)8-3-4-9(11)10(5-8)13(14)15/h3-5,7,12H,6H2,1-2H3. The van der Waals surface area contributed by atoms with Gasteiger partial charge < -0.3 is 0 Å². The molecule has 0 fully saturated rings. The molecule has 0 atom stereocenters. The predicted molar refractivity (Wildman–Crippen MR) is 70.8 cm³/mol. The Labute approximate surface area is 114 Å². The van der Waals surface area contributed by atoms with Gasteiger partial charge in [0.05, 0.1) is 14.3 Å². The molecule has 0 aromatic heterocycles. The van der Waals surface area contributed by atoms with E-state index >= 15 is 0 Å². The molecule has 0 unspecified atom stereocenters. The maximum atomic E-state index is 11.9. The van der Waals surface area contributed by atoms with Gasteiger partial charge in [0, 0.05) is 12.6 Å². The molecule has 0 aliphatic rings. The van der Waals surface area contributed by atoms with Crippen LogP contribution in [0.2, 0.25) is 0 Å². The van der Waals surface area contributed by atoms with Gasteiger partial charge in [0.25, 0.3) is 5.69 Å². The molecule has 1 aromatic carbocycles. The summed E-state index contributed by atoms with van der Waals surface area (Å²) >= 11 is 3.00. The van der Waals surface area contributed by atoms with Gasteiger partial charge in [0.1, 0.15) is 0 Å². The molecule has 1 rings (SSSR count). The molecule has 1 N–H and O–H groups in total. The van der Waals surface area contributed by atoms with Crippen LogP contribution < -0.4 is 4.72 Å². The van der Waals surface area contributed by atoms with Crippen molar-refractivity contribution in [3.8, 4) is 0 Å². The number of hydrogen-bond acceptors (Lipinski definition) is 4. The number of rotatable bonds is 5. The molecular formula is C10H13BrN2O4S. The van der Waals surface area contributed by atoms with Gasteiger partial charge in [0.2, 0.25) is 10.0 Å². The lowest BCUT2D eigenvalue weighted by Gasteiger charge is -2.08. The van der Waals surface area contributed by atoms with Crippen molar-refractivity contribution in [1.29, 1.82) is 0 Å². The zero-order valence-electron chi connectivity index (χ0n) is 9.88. The lowest BCUT2D eigenvalue weighted by Crippen LogP contribution is -2.27. The van der Waals surface area contributed by atoms with Crippen molar-refractivity contribution in [2.75, 3.05) is 6.54 Å². The molecule has 6 nitrogen and oxygen atoms in total. The van der Waals surface area contributed by atoms with Crippen LogP contribution in [0.1, 0.15) is 13.8 Å². The van der Waals surface area contributed by atoms with Crippen molar-refractivity contribution in [2.24, 2.45) is 5.92 Å². The lowest BCUT2D eigenvalue weighted by molar-refractivity contribution is -0.385. The average Bonchev–Trinajstić information content (AvgIpc) is 2.26. The second-order valence-corrected chi connectivity index (χ2v) is 6.74. The second kappa shape index (κ2) is 5.77. The molecular weight excluding hydrogens is 324 g/mol. The number of halogens is 1. The molecule has 1 aromatic rings. The summed E-state index contributed by atoms with van der Waals surface area (Å²) < 4.78 is 26.4. The van der Waals surface area contributed by atoms with Crippen LogP contribution in [0, 0.1) is 16.0 Å². The topological polar surface area (TPSA) is 89.3 Å². The summed E-state index contributed by atoms with van der Waals surface area (Å²) in [6, 6.07) is 3.70. The summed E-state index contributed by atoms with van der Waals surface area (Å²) in [5, 5.41) is 10.7. The van der Waals surface area contributed by atoms with Crippen molar-refractivity contribution < 1.29 is 13.3 Å². The van der Waals surface area contributed by atoms with Gasteiger partial charge in [-0.1, -0.05) is 13.8 Å². The van der Waals surface area contributed by atoms with Crippen LogP contribution in [0.3, 0.4) is 0 Å². The molecule has 0 spiro atoms. The zero-order chi connectivity index (χ0) is 13.9. The van der Waals surface area contributed by atoms with Crippen LogP contribution in [0.5, 0.6) is 0 Å². The molecule has 0 bridgehead atoms. The number of nitrogens with zero attached hydrogens (tertiary/aromatic N) is 1. The minimum Gasteiger partial charge on any atom is -0.258 e. The number of sulfonamides is 1. The Morgan fingerprint density at radius 2 is 2.06 bits per heavy atom. The highest BCUT2D eigenvalue weighted by Crippen LogP contribution is 2.27. The van der Waals surface area contributed by atoms with E-state index in [9.17, 15) is 18.5 Å². The molecule has 18 heavy (non-hydrogen) atoms. The lowest BCUT2D eigenvalue weighted by atomic mass is 10.2. The Hall–Kier alpha value is -0.990. The summed E-state index contributed by atoms with van der Waals surface area (Å²) in [6.07, 6.45) is 0. The molecule has 0 amide bonds. The van der Waals surface area contributed by atoms with Crippen molar-refractivity contribution in [1.82, 2.24) is 4.72 Å². The first-order valence-corrected chi connectivity index (χ1v) is 7.45. The number of hydrogen-bond donors (Lipinski definition) is 1. The quantitative estimate of drug-likeness (QED) is 0.659. The van der Waals surface area contributed by atoms with E-state index in [1.165, 1.54) is 12.1 Å². The third kappa shape index (κ3) is 3.76. The SMILES string of the molecule is CC(C)CNS(=O)(=O)c1ccc(Br)c([N+](=O)[O-])c1. The Balaban J connectivity index is 3.10. The molecule has 0 saturated carbocycles. The van der Waals surface area contributed by atoms with E-state index in [1.807, 2.05) is 13.8 Å². The van der Waals surface area contributed by atoms with E-state index in [1.54, 1.807) is 0 Å². The molecule has 8 heteroatoms. The van der Waals surface area contributed by atoms with Crippen molar-refractivity contribution in [3.63, 3.8) is 0 Å². The molecule has 0 aliphatic heterocycles. The van der Waals surface area contributed by atoms with Crippen LogP contribution in [0.25, 0.3) is 0 Å². The molecule has 0 aliphatic carbocycles. The summed E-state index contributed by atoms with van der Waals surface area (Å²) in [7, 11) is -3.70. The van der Waals surface area contributed by atoms with E-state index in [0.717, 1.165) is 6.07 Å². The summed E-state index contributed by atoms with van der Waals surface area (Å²) in [6.45, 7) is 4.02. The van der Waals surface area contributed by atoms with Gasteiger partial charge in [-0.05, 0) is 34.0 Å². The zero-order valence-corrected chi connectivity index (χ0v) is 12.3. The van der Waals surface area contributed by atoms with E-state index in [2.05, 4.69) is 20.7 Å². The molecule has 0 saturated heterocycles. The van der Waals surface area contributed by atoms with E-state index in [-0.39, 0.29) is 27.5 Å². The number of nitro benzene ring substituents is 1. The van der Waals surface area contributed by atoms with Crippen LogP contribution >= 0.6 is 15.9 Å². The van der Waals surface area contributed by atoms with Gasteiger partial charge in [-0.15, -0.1) is 0 Å². The summed E-state index contributed by atoms with van der Waals surface area (Å²) in [5.74, 6) is 0.158. The number of benzene rings is 1. The van der Waals surface area contributed by atoms with Crippen molar-refractivity contribution in [3.05, 3.63) is 32.8 Å². The maximum absolute atomic E-state index is 11.9. The minimum atomic E-state index is -3.70. The first-order chi connectivity index (χ1) is 8.24. The molecule has 100 valence electrons. The monoisotopic (exact) mass is 336 g/mol. The molecule has 0 radical (unpaired) electrons. The Bertz CT molecular complexity index is 557.